The lowest BCUT2D eigenvalue weighted by molar-refractivity contribution is -0.126. The van der Waals surface area contributed by atoms with Gasteiger partial charge in [0, 0.05) is 31.3 Å². The highest BCUT2D eigenvalue weighted by Gasteiger charge is 2.35. The molecule has 6 nitrogen and oxygen atoms in total. The lowest BCUT2D eigenvalue weighted by atomic mass is 10.1. The molecule has 0 radical (unpaired) electrons. The molecule has 2 aliphatic rings. The summed E-state index contributed by atoms with van der Waals surface area (Å²) in [7, 11) is 0. The SMILES string of the molecule is O=C(NCCc1ccccc1)[C@H]1CC(=O)N(c2ccc3c(c2)OCCO3)C1. The molecule has 1 fully saturated rings. The van der Waals surface area contributed by atoms with Crippen LogP contribution in [-0.2, 0) is 16.0 Å². The van der Waals surface area contributed by atoms with Gasteiger partial charge in [0.25, 0.3) is 0 Å². The number of anilines is 1. The summed E-state index contributed by atoms with van der Waals surface area (Å²) in [5, 5.41) is 2.95. The van der Waals surface area contributed by atoms with Gasteiger partial charge in [0.15, 0.2) is 11.5 Å². The number of carbonyl (C=O) groups excluding carboxylic acids is 2. The third kappa shape index (κ3) is 3.89. The normalized spacial score (nSPS) is 18.4. The first-order chi connectivity index (χ1) is 13.2. The molecule has 2 aromatic carbocycles. The maximum absolute atomic E-state index is 12.5. The molecule has 1 saturated heterocycles. The van der Waals surface area contributed by atoms with E-state index in [1.807, 2.05) is 48.5 Å². The second kappa shape index (κ2) is 7.70. The number of nitrogens with one attached hydrogen (secondary N) is 1. The molecular weight excluding hydrogens is 344 g/mol. The Bertz CT molecular complexity index is 837. The Labute approximate surface area is 158 Å². The van der Waals surface area contributed by atoms with Gasteiger partial charge in [0.05, 0.1) is 5.92 Å². The van der Waals surface area contributed by atoms with Crippen molar-refractivity contribution in [2.45, 2.75) is 12.8 Å². The number of hydrogen-bond acceptors (Lipinski definition) is 4. The van der Waals surface area contributed by atoms with Crippen molar-refractivity contribution in [3.8, 4) is 11.5 Å². The molecule has 0 unspecified atom stereocenters. The zero-order valence-electron chi connectivity index (χ0n) is 15.0. The van der Waals surface area contributed by atoms with Crippen LogP contribution in [0.4, 0.5) is 5.69 Å². The maximum atomic E-state index is 12.5. The molecule has 27 heavy (non-hydrogen) atoms. The Hall–Kier alpha value is -3.02. The summed E-state index contributed by atoms with van der Waals surface area (Å²) in [5.74, 6) is 0.879. The average molecular weight is 366 g/mol. The van der Waals surface area contributed by atoms with E-state index in [1.165, 1.54) is 5.56 Å². The minimum Gasteiger partial charge on any atom is -0.486 e. The number of amides is 2. The number of nitrogens with zero attached hydrogens (tertiary/aromatic N) is 1. The number of benzene rings is 2. The second-order valence-corrected chi connectivity index (χ2v) is 6.76. The summed E-state index contributed by atoms with van der Waals surface area (Å²) >= 11 is 0. The average Bonchev–Trinajstić information content (AvgIpc) is 3.10. The van der Waals surface area contributed by atoms with Gasteiger partial charge < -0.3 is 19.7 Å². The van der Waals surface area contributed by atoms with Crippen LogP contribution in [0.3, 0.4) is 0 Å². The molecule has 2 heterocycles. The van der Waals surface area contributed by atoms with Gasteiger partial charge in [-0.05, 0) is 24.1 Å². The first-order valence-electron chi connectivity index (χ1n) is 9.22. The van der Waals surface area contributed by atoms with Crippen molar-refractivity contribution < 1.29 is 19.1 Å². The highest BCUT2D eigenvalue weighted by Crippen LogP contribution is 2.35. The monoisotopic (exact) mass is 366 g/mol. The molecule has 140 valence electrons. The summed E-state index contributed by atoms with van der Waals surface area (Å²) in [6, 6.07) is 15.5. The van der Waals surface area contributed by atoms with E-state index >= 15 is 0 Å². The molecule has 0 bridgehead atoms. The van der Waals surface area contributed by atoms with E-state index in [0.29, 0.717) is 37.8 Å². The van der Waals surface area contributed by atoms with Crippen LogP contribution in [-0.4, -0.2) is 38.1 Å². The van der Waals surface area contributed by atoms with Gasteiger partial charge in [-0.15, -0.1) is 0 Å². The molecular formula is C21H22N2O4. The summed E-state index contributed by atoms with van der Waals surface area (Å²) < 4.78 is 11.1. The predicted molar refractivity (Wildman–Crippen MR) is 101 cm³/mol. The molecule has 6 heteroatoms. The Morgan fingerprint density at radius 3 is 2.67 bits per heavy atom. The number of hydrogen-bond donors (Lipinski definition) is 1. The smallest absolute Gasteiger partial charge is 0.227 e. The van der Waals surface area contributed by atoms with Crippen LogP contribution >= 0.6 is 0 Å². The van der Waals surface area contributed by atoms with E-state index in [1.54, 1.807) is 4.90 Å². The van der Waals surface area contributed by atoms with Gasteiger partial charge in [-0.2, -0.15) is 0 Å². The highest BCUT2D eigenvalue weighted by molar-refractivity contribution is 6.00. The van der Waals surface area contributed by atoms with Crippen molar-refractivity contribution in [3.05, 3.63) is 54.1 Å². The molecule has 0 spiro atoms. The van der Waals surface area contributed by atoms with Crippen LogP contribution in [0.1, 0.15) is 12.0 Å². The van der Waals surface area contributed by atoms with Gasteiger partial charge in [-0.1, -0.05) is 30.3 Å². The fourth-order valence-corrected chi connectivity index (χ4v) is 3.45. The molecule has 1 atom stereocenters. The summed E-state index contributed by atoms with van der Waals surface area (Å²) in [6.07, 6.45) is 1.00. The van der Waals surface area contributed by atoms with E-state index in [9.17, 15) is 9.59 Å². The van der Waals surface area contributed by atoms with Gasteiger partial charge in [0.1, 0.15) is 13.2 Å². The molecule has 4 rings (SSSR count). The van der Waals surface area contributed by atoms with Crippen molar-refractivity contribution in [3.63, 3.8) is 0 Å². The molecule has 2 aromatic rings. The van der Waals surface area contributed by atoms with Crippen molar-refractivity contribution in [1.29, 1.82) is 0 Å². The third-order valence-electron chi connectivity index (χ3n) is 4.89. The lowest BCUT2D eigenvalue weighted by Crippen LogP contribution is -2.34. The molecule has 1 N–H and O–H groups in total. The van der Waals surface area contributed by atoms with E-state index in [2.05, 4.69) is 5.32 Å². The van der Waals surface area contributed by atoms with Crippen molar-refractivity contribution in [2.75, 3.05) is 31.2 Å². The predicted octanol–water partition coefficient (Wildman–Crippen LogP) is 2.17. The number of ether oxygens (including phenoxy) is 2. The first-order valence-corrected chi connectivity index (χ1v) is 9.22. The van der Waals surface area contributed by atoms with Gasteiger partial charge in [0.2, 0.25) is 11.8 Å². The van der Waals surface area contributed by atoms with Crippen molar-refractivity contribution in [1.82, 2.24) is 5.32 Å². The van der Waals surface area contributed by atoms with Gasteiger partial charge in [-0.25, -0.2) is 0 Å². The molecule has 0 aliphatic carbocycles. The van der Waals surface area contributed by atoms with Crippen molar-refractivity contribution in [2.24, 2.45) is 5.92 Å². The summed E-state index contributed by atoms with van der Waals surface area (Å²) in [4.78, 5) is 26.5. The van der Waals surface area contributed by atoms with Crippen molar-refractivity contribution >= 4 is 17.5 Å². The zero-order chi connectivity index (χ0) is 18.6. The van der Waals surface area contributed by atoms with Crippen LogP contribution in [0.15, 0.2) is 48.5 Å². The number of carbonyl (C=O) groups is 2. The van der Waals surface area contributed by atoms with E-state index in [4.69, 9.17) is 9.47 Å². The van der Waals surface area contributed by atoms with Gasteiger partial charge in [-0.3, -0.25) is 9.59 Å². The Balaban J connectivity index is 1.35. The molecule has 2 aliphatic heterocycles. The first kappa shape index (κ1) is 17.4. The Kier molecular flexibility index (Phi) is 4.96. The quantitative estimate of drug-likeness (QED) is 0.881. The molecule has 0 aromatic heterocycles. The highest BCUT2D eigenvalue weighted by atomic mass is 16.6. The minimum absolute atomic E-state index is 0.0464. The fourth-order valence-electron chi connectivity index (χ4n) is 3.45. The van der Waals surface area contributed by atoms with E-state index in [0.717, 1.165) is 12.1 Å². The standard InChI is InChI=1S/C21H22N2O4/c24-20-12-16(21(25)22-9-8-15-4-2-1-3-5-15)14-23(20)17-6-7-18-19(13-17)27-11-10-26-18/h1-7,13,16H,8-12,14H2,(H,22,25)/t16-/m0/s1. The van der Waals surface area contributed by atoms with Crippen LogP contribution in [0, 0.1) is 5.92 Å². The Morgan fingerprint density at radius 1 is 1.07 bits per heavy atom. The number of fused-ring (bicyclic) bond motifs is 1. The lowest BCUT2D eigenvalue weighted by Gasteiger charge is -2.22. The third-order valence-corrected chi connectivity index (χ3v) is 4.89. The topological polar surface area (TPSA) is 67.9 Å². The van der Waals surface area contributed by atoms with E-state index in [-0.39, 0.29) is 24.2 Å². The zero-order valence-corrected chi connectivity index (χ0v) is 15.0. The van der Waals surface area contributed by atoms with E-state index < -0.39 is 0 Å². The number of rotatable bonds is 5. The van der Waals surface area contributed by atoms with Crippen LogP contribution in [0.2, 0.25) is 0 Å². The van der Waals surface area contributed by atoms with Gasteiger partial charge >= 0.3 is 0 Å². The minimum atomic E-state index is -0.332. The summed E-state index contributed by atoms with van der Waals surface area (Å²) in [6.45, 7) is 1.98. The molecule has 0 saturated carbocycles. The van der Waals surface area contributed by atoms with Crippen LogP contribution in [0.25, 0.3) is 0 Å². The van der Waals surface area contributed by atoms with Crippen LogP contribution in [0.5, 0.6) is 11.5 Å². The largest absolute Gasteiger partial charge is 0.486 e. The van der Waals surface area contributed by atoms with Crippen LogP contribution < -0.4 is 19.7 Å². The summed E-state index contributed by atoms with van der Waals surface area (Å²) in [5.41, 5.74) is 1.92. The second-order valence-electron chi connectivity index (χ2n) is 6.76. The molecule has 2 amide bonds. The maximum Gasteiger partial charge on any atom is 0.227 e. The fraction of sp³-hybridized carbons (Fsp3) is 0.333. The Morgan fingerprint density at radius 2 is 1.85 bits per heavy atom.